The molecule has 0 spiro atoms. The van der Waals surface area contributed by atoms with E-state index in [2.05, 4.69) is 29.4 Å². The highest BCUT2D eigenvalue weighted by Gasteiger charge is 2.27. The van der Waals surface area contributed by atoms with E-state index >= 15 is 0 Å². The number of carbonyl (C=O) groups is 1. The van der Waals surface area contributed by atoms with Gasteiger partial charge in [-0.2, -0.15) is 0 Å². The van der Waals surface area contributed by atoms with E-state index in [9.17, 15) is 9.90 Å². The molecule has 1 aromatic rings. The van der Waals surface area contributed by atoms with Gasteiger partial charge in [0.1, 0.15) is 17.1 Å². The highest BCUT2D eigenvalue weighted by atomic mass is 16.4. The Bertz CT molecular complexity index is 439. The summed E-state index contributed by atoms with van der Waals surface area (Å²) in [5.74, 6) is 1.18. The van der Waals surface area contributed by atoms with E-state index in [1.165, 1.54) is 0 Å². The Labute approximate surface area is 126 Å². The lowest BCUT2D eigenvalue weighted by Crippen LogP contribution is -2.45. The van der Waals surface area contributed by atoms with Crippen molar-refractivity contribution >= 4 is 6.03 Å². The third-order valence-corrected chi connectivity index (χ3v) is 3.47. The van der Waals surface area contributed by atoms with Crippen molar-refractivity contribution in [3.05, 3.63) is 23.7 Å². The van der Waals surface area contributed by atoms with Gasteiger partial charge in [0.05, 0.1) is 6.54 Å². The summed E-state index contributed by atoms with van der Waals surface area (Å²) in [7, 11) is 0. The first-order valence-corrected chi connectivity index (χ1v) is 7.42. The van der Waals surface area contributed by atoms with E-state index in [1.807, 2.05) is 6.92 Å². The quantitative estimate of drug-likeness (QED) is 0.678. The summed E-state index contributed by atoms with van der Waals surface area (Å²) >= 11 is 0. The monoisotopic (exact) mass is 297 g/mol. The van der Waals surface area contributed by atoms with Crippen LogP contribution in [0.2, 0.25) is 0 Å². The second-order valence-corrected chi connectivity index (χ2v) is 5.32. The van der Waals surface area contributed by atoms with E-state index < -0.39 is 5.60 Å². The maximum Gasteiger partial charge on any atom is 0.314 e. The molecule has 1 unspecified atom stereocenters. The van der Waals surface area contributed by atoms with Gasteiger partial charge in [-0.3, -0.25) is 0 Å². The topological polar surface area (TPSA) is 77.7 Å². The van der Waals surface area contributed by atoms with Crippen LogP contribution in [0.5, 0.6) is 0 Å². The molecule has 1 aromatic heterocycles. The first-order valence-electron chi connectivity index (χ1n) is 7.42. The number of hydrogen-bond acceptors (Lipinski definition) is 4. The van der Waals surface area contributed by atoms with Crippen molar-refractivity contribution < 1.29 is 14.3 Å². The molecule has 1 atom stereocenters. The Balaban J connectivity index is 2.32. The van der Waals surface area contributed by atoms with Crippen LogP contribution in [0.1, 0.15) is 32.3 Å². The highest BCUT2D eigenvalue weighted by Crippen LogP contribution is 2.21. The molecule has 0 aliphatic carbocycles. The van der Waals surface area contributed by atoms with E-state index in [0.29, 0.717) is 12.3 Å². The molecule has 0 aliphatic rings. The summed E-state index contributed by atoms with van der Waals surface area (Å²) in [6.45, 7) is 11.0. The normalized spacial score (nSPS) is 14.0. The second-order valence-electron chi connectivity index (χ2n) is 5.32. The van der Waals surface area contributed by atoms with Crippen LogP contribution in [-0.4, -0.2) is 48.8 Å². The number of furan rings is 1. The lowest BCUT2D eigenvalue weighted by atomic mass is 10.0. The highest BCUT2D eigenvalue weighted by molar-refractivity contribution is 5.73. The van der Waals surface area contributed by atoms with Gasteiger partial charge < -0.3 is 25.1 Å². The fraction of sp³-hybridized carbons (Fsp3) is 0.667. The number of hydrogen-bond donors (Lipinski definition) is 3. The van der Waals surface area contributed by atoms with Crippen molar-refractivity contribution in [2.75, 3.05) is 32.7 Å². The fourth-order valence-corrected chi connectivity index (χ4v) is 1.99. The molecule has 6 nitrogen and oxygen atoms in total. The average Bonchev–Trinajstić information content (AvgIpc) is 2.89. The summed E-state index contributed by atoms with van der Waals surface area (Å²) in [6, 6.07) is 3.22. The van der Waals surface area contributed by atoms with Gasteiger partial charge in [-0.15, -0.1) is 0 Å². The molecule has 0 saturated carbocycles. The minimum Gasteiger partial charge on any atom is -0.463 e. The van der Waals surface area contributed by atoms with Gasteiger partial charge >= 0.3 is 6.03 Å². The molecule has 2 amide bonds. The van der Waals surface area contributed by atoms with Gasteiger partial charge in [0.2, 0.25) is 0 Å². The van der Waals surface area contributed by atoms with E-state index in [0.717, 1.165) is 25.4 Å². The number of aryl methyl sites for hydroxylation is 1. The van der Waals surface area contributed by atoms with E-state index in [1.54, 1.807) is 19.1 Å². The van der Waals surface area contributed by atoms with E-state index in [4.69, 9.17) is 4.42 Å². The lowest BCUT2D eigenvalue weighted by Gasteiger charge is -2.22. The van der Waals surface area contributed by atoms with Gasteiger partial charge in [0.15, 0.2) is 0 Å². The molecular weight excluding hydrogens is 270 g/mol. The van der Waals surface area contributed by atoms with Crippen LogP contribution in [0.4, 0.5) is 4.79 Å². The third-order valence-electron chi connectivity index (χ3n) is 3.47. The minimum absolute atomic E-state index is 0.0943. The Morgan fingerprint density at radius 1 is 1.33 bits per heavy atom. The molecule has 120 valence electrons. The molecule has 6 heteroatoms. The molecule has 3 N–H and O–H groups in total. The standard InChI is InChI=1S/C15H27N3O3/c1-5-18(6-2)10-9-16-14(19)17-11-15(4,20)13-8-7-12(3)21-13/h7-8,20H,5-6,9-11H2,1-4H3,(H2,16,17,19). The molecule has 21 heavy (non-hydrogen) atoms. The van der Waals surface area contributed by atoms with Gasteiger partial charge in [0.25, 0.3) is 0 Å². The predicted octanol–water partition coefficient (Wildman–Crippen LogP) is 1.44. The number of rotatable bonds is 8. The number of carbonyl (C=O) groups excluding carboxylic acids is 1. The Morgan fingerprint density at radius 2 is 2.00 bits per heavy atom. The van der Waals surface area contributed by atoms with Gasteiger partial charge in [-0.05, 0) is 39.1 Å². The van der Waals surface area contributed by atoms with Crippen molar-refractivity contribution in [3.8, 4) is 0 Å². The number of urea groups is 1. The zero-order valence-electron chi connectivity index (χ0n) is 13.4. The fourth-order valence-electron chi connectivity index (χ4n) is 1.99. The lowest BCUT2D eigenvalue weighted by molar-refractivity contribution is 0.0359. The number of likely N-dealkylation sites (N-methyl/N-ethyl adjacent to an activating group) is 1. The van der Waals surface area contributed by atoms with Crippen molar-refractivity contribution in [2.45, 2.75) is 33.3 Å². The number of aliphatic hydroxyl groups is 1. The molecule has 0 aliphatic heterocycles. The maximum atomic E-state index is 11.7. The first-order chi connectivity index (χ1) is 9.89. The SMILES string of the molecule is CCN(CC)CCNC(=O)NCC(C)(O)c1ccc(C)o1. The number of amides is 2. The molecule has 0 saturated heterocycles. The van der Waals surface area contributed by atoms with Crippen molar-refractivity contribution in [3.63, 3.8) is 0 Å². The summed E-state index contributed by atoms with van der Waals surface area (Å²) in [4.78, 5) is 13.9. The first kappa shape index (κ1) is 17.5. The summed E-state index contributed by atoms with van der Waals surface area (Å²) in [5.41, 5.74) is -1.22. The minimum atomic E-state index is -1.22. The molecule has 1 rings (SSSR count). The summed E-state index contributed by atoms with van der Waals surface area (Å²) < 4.78 is 5.39. The zero-order chi connectivity index (χ0) is 15.9. The van der Waals surface area contributed by atoms with Crippen LogP contribution in [0, 0.1) is 6.92 Å². The van der Waals surface area contributed by atoms with Crippen LogP contribution in [-0.2, 0) is 5.60 Å². The maximum absolute atomic E-state index is 11.7. The number of nitrogens with one attached hydrogen (secondary N) is 2. The Hall–Kier alpha value is -1.53. The Kier molecular flexibility index (Phi) is 6.71. The molecule has 0 radical (unpaired) electrons. The smallest absolute Gasteiger partial charge is 0.314 e. The van der Waals surface area contributed by atoms with Crippen LogP contribution >= 0.6 is 0 Å². The molecule has 0 bridgehead atoms. The van der Waals surface area contributed by atoms with Crippen LogP contribution in [0.3, 0.4) is 0 Å². The van der Waals surface area contributed by atoms with Crippen LogP contribution in [0.15, 0.2) is 16.5 Å². The van der Waals surface area contributed by atoms with Gasteiger partial charge in [-0.25, -0.2) is 4.79 Å². The van der Waals surface area contributed by atoms with Gasteiger partial charge in [-0.1, -0.05) is 13.8 Å². The van der Waals surface area contributed by atoms with Crippen LogP contribution in [0.25, 0.3) is 0 Å². The second kappa shape index (κ2) is 8.05. The average molecular weight is 297 g/mol. The molecule has 1 heterocycles. The van der Waals surface area contributed by atoms with Gasteiger partial charge in [0, 0.05) is 13.1 Å². The molecule has 0 aromatic carbocycles. The van der Waals surface area contributed by atoms with E-state index in [-0.39, 0.29) is 12.6 Å². The summed E-state index contributed by atoms with van der Waals surface area (Å²) in [6.07, 6.45) is 0. The van der Waals surface area contributed by atoms with Crippen molar-refractivity contribution in [2.24, 2.45) is 0 Å². The zero-order valence-corrected chi connectivity index (χ0v) is 13.4. The predicted molar refractivity (Wildman–Crippen MR) is 82.2 cm³/mol. The number of nitrogens with zero attached hydrogens (tertiary/aromatic N) is 1. The summed E-state index contributed by atoms with van der Waals surface area (Å²) in [5, 5.41) is 15.7. The van der Waals surface area contributed by atoms with Crippen molar-refractivity contribution in [1.82, 2.24) is 15.5 Å². The van der Waals surface area contributed by atoms with Crippen LogP contribution < -0.4 is 10.6 Å². The van der Waals surface area contributed by atoms with Crippen molar-refractivity contribution in [1.29, 1.82) is 0 Å². The Morgan fingerprint density at radius 3 is 2.52 bits per heavy atom. The largest absolute Gasteiger partial charge is 0.463 e. The third kappa shape index (κ3) is 5.77. The molecular formula is C15H27N3O3. The molecule has 0 fully saturated rings.